The van der Waals surface area contributed by atoms with Gasteiger partial charge in [-0.25, -0.2) is 0 Å². The summed E-state index contributed by atoms with van der Waals surface area (Å²) in [4.78, 5) is -0.828. The fourth-order valence-electron chi connectivity index (χ4n) is 1.02. The van der Waals surface area contributed by atoms with Crippen LogP contribution in [0.3, 0.4) is 0 Å². The van der Waals surface area contributed by atoms with Gasteiger partial charge in [-0.2, -0.15) is 30.0 Å². The molecule has 0 unspecified atom stereocenters. The first-order valence-corrected chi connectivity index (χ1v) is 7.23. The lowest BCUT2D eigenvalue weighted by atomic mass is 10.3. The maximum Gasteiger partial charge on any atom is 0.524 e. The molecule has 0 aliphatic rings. The van der Waals surface area contributed by atoms with Crippen LogP contribution < -0.4 is 4.74 Å². The normalized spacial score (nSPS) is 13.3. The third kappa shape index (κ3) is 3.36. The maximum absolute atomic E-state index is 12.1. The Labute approximate surface area is 107 Å². The highest BCUT2D eigenvalue weighted by Gasteiger charge is 2.50. The van der Waals surface area contributed by atoms with Gasteiger partial charge in [0.2, 0.25) is 0 Å². The Morgan fingerprint density at radius 3 is 2.05 bits per heavy atom. The zero-order chi connectivity index (χ0) is 14.9. The fraction of sp³-hybridized carbons (Fsp3) is 0.250. The topological polar surface area (TPSA) is 86.7 Å². The maximum atomic E-state index is 12.1. The van der Waals surface area contributed by atoms with Crippen molar-refractivity contribution in [2.75, 3.05) is 7.11 Å². The predicted molar refractivity (Wildman–Crippen MR) is 56.2 cm³/mol. The van der Waals surface area contributed by atoms with Crippen LogP contribution in [0.15, 0.2) is 29.2 Å². The molecular formula is C8H7F3O6S2. The van der Waals surface area contributed by atoms with E-state index in [9.17, 15) is 30.0 Å². The number of alkyl halides is 3. The zero-order valence-electron chi connectivity index (χ0n) is 9.21. The first-order valence-electron chi connectivity index (χ1n) is 4.41. The van der Waals surface area contributed by atoms with Gasteiger partial charge in [-0.15, -0.1) is 3.63 Å². The van der Waals surface area contributed by atoms with E-state index in [0.717, 1.165) is 19.2 Å². The minimum atomic E-state index is -6.27. The molecule has 1 rings (SSSR count). The van der Waals surface area contributed by atoms with Gasteiger partial charge in [0, 0.05) is 0 Å². The van der Waals surface area contributed by atoms with Crippen LogP contribution in [-0.4, -0.2) is 29.5 Å². The Bertz CT molecular complexity index is 662. The summed E-state index contributed by atoms with van der Waals surface area (Å²) >= 11 is 0. The number of rotatable bonds is 4. The van der Waals surface area contributed by atoms with Gasteiger partial charge in [0.15, 0.2) is 0 Å². The van der Waals surface area contributed by atoms with Gasteiger partial charge in [0.05, 0.1) is 7.11 Å². The average molecular weight is 320 g/mol. The van der Waals surface area contributed by atoms with Crippen molar-refractivity contribution in [2.45, 2.75) is 10.4 Å². The molecule has 6 nitrogen and oxygen atoms in total. The molecular weight excluding hydrogens is 313 g/mol. The van der Waals surface area contributed by atoms with Crippen LogP contribution in [-0.2, 0) is 23.9 Å². The second-order valence-electron chi connectivity index (χ2n) is 3.07. The first kappa shape index (κ1) is 15.7. The van der Waals surface area contributed by atoms with Crippen molar-refractivity contribution in [1.29, 1.82) is 0 Å². The van der Waals surface area contributed by atoms with Crippen LogP contribution in [0.1, 0.15) is 0 Å². The lowest BCUT2D eigenvalue weighted by molar-refractivity contribution is -0.0498. The van der Waals surface area contributed by atoms with Gasteiger partial charge in [-0.1, -0.05) is 12.1 Å². The Balaban J connectivity index is 3.28. The molecule has 0 atom stereocenters. The van der Waals surface area contributed by atoms with Crippen molar-refractivity contribution >= 4 is 20.2 Å². The van der Waals surface area contributed by atoms with Crippen molar-refractivity contribution in [3.05, 3.63) is 24.3 Å². The molecule has 0 aromatic heterocycles. The smallest absolute Gasteiger partial charge is 0.495 e. The standard InChI is InChI=1S/C8H7F3O6S2/c1-16-6-4-2-3-5-7(6)18(12,13)17-19(14,15)8(9,10)11/h2-5H,1H3. The molecule has 0 amide bonds. The molecule has 0 aliphatic heterocycles. The van der Waals surface area contributed by atoms with E-state index < -0.39 is 30.6 Å². The summed E-state index contributed by atoms with van der Waals surface area (Å²) < 4.78 is 88.3. The van der Waals surface area contributed by atoms with Crippen LogP contribution in [0.2, 0.25) is 0 Å². The predicted octanol–water partition coefficient (Wildman–Crippen LogP) is 1.25. The molecule has 108 valence electrons. The number of halogens is 3. The molecule has 19 heavy (non-hydrogen) atoms. The third-order valence-corrected chi connectivity index (χ3v) is 4.68. The highest BCUT2D eigenvalue weighted by Crippen LogP contribution is 2.31. The van der Waals surface area contributed by atoms with E-state index in [2.05, 4.69) is 8.37 Å². The van der Waals surface area contributed by atoms with E-state index in [0.29, 0.717) is 0 Å². The summed E-state index contributed by atoms with van der Waals surface area (Å²) in [7, 11) is -10.4. The fourth-order valence-corrected chi connectivity index (χ4v) is 3.21. The number of ether oxygens (including phenoxy) is 1. The molecule has 0 radical (unpaired) electrons. The Morgan fingerprint density at radius 2 is 1.58 bits per heavy atom. The molecule has 1 aromatic rings. The Morgan fingerprint density at radius 1 is 1.05 bits per heavy atom. The molecule has 0 spiro atoms. The monoisotopic (exact) mass is 320 g/mol. The van der Waals surface area contributed by atoms with E-state index in [1.54, 1.807) is 0 Å². The molecule has 0 N–H and O–H groups in total. The summed E-state index contributed by atoms with van der Waals surface area (Å²) in [6.07, 6.45) is 0. The van der Waals surface area contributed by atoms with Gasteiger partial charge in [0.1, 0.15) is 10.6 Å². The van der Waals surface area contributed by atoms with Gasteiger partial charge < -0.3 is 4.74 Å². The molecule has 0 saturated carbocycles. The number of methoxy groups -OCH3 is 1. The third-order valence-electron chi connectivity index (χ3n) is 1.80. The van der Waals surface area contributed by atoms with Crippen molar-refractivity contribution in [2.24, 2.45) is 0 Å². The summed E-state index contributed by atoms with van der Waals surface area (Å²) in [5.74, 6) is -0.347. The van der Waals surface area contributed by atoms with Crippen LogP contribution in [0.25, 0.3) is 0 Å². The van der Waals surface area contributed by atoms with Crippen molar-refractivity contribution < 1.29 is 38.4 Å². The highest BCUT2D eigenvalue weighted by molar-refractivity contribution is 8.00. The van der Waals surface area contributed by atoms with Gasteiger partial charge >= 0.3 is 25.7 Å². The summed E-state index contributed by atoms with van der Waals surface area (Å²) in [5.41, 5.74) is -5.85. The minimum Gasteiger partial charge on any atom is -0.495 e. The van der Waals surface area contributed by atoms with E-state index >= 15 is 0 Å². The van der Waals surface area contributed by atoms with E-state index in [1.807, 2.05) is 0 Å². The Hall–Kier alpha value is -1.33. The first-order chi connectivity index (χ1) is 8.51. The number of para-hydroxylation sites is 1. The molecule has 0 bridgehead atoms. The lowest BCUT2D eigenvalue weighted by Gasteiger charge is -2.10. The van der Waals surface area contributed by atoms with Crippen molar-refractivity contribution in [1.82, 2.24) is 0 Å². The lowest BCUT2D eigenvalue weighted by Crippen LogP contribution is -2.28. The second-order valence-corrected chi connectivity index (χ2v) is 6.34. The Kier molecular flexibility index (Phi) is 4.12. The summed E-state index contributed by atoms with van der Waals surface area (Å²) in [6.45, 7) is 0. The van der Waals surface area contributed by atoms with Crippen molar-refractivity contribution in [3.63, 3.8) is 0 Å². The number of hydrogen-bond acceptors (Lipinski definition) is 6. The van der Waals surface area contributed by atoms with E-state index in [-0.39, 0.29) is 5.75 Å². The zero-order valence-corrected chi connectivity index (χ0v) is 10.8. The van der Waals surface area contributed by atoms with Crippen LogP contribution >= 0.6 is 0 Å². The van der Waals surface area contributed by atoms with Crippen LogP contribution in [0, 0.1) is 0 Å². The minimum absolute atomic E-state index is 0.347. The molecule has 0 heterocycles. The highest BCUT2D eigenvalue weighted by atomic mass is 32.3. The van der Waals surface area contributed by atoms with E-state index in [4.69, 9.17) is 0 Å². The quantitative estimate of drug-likeness (QED) is 0.776. The van der Waals surface area contributed by atoms with Gasteiger partial charge in [-0.3, -0.25) is 0 Å². The number of benzene rings is 1. The van der Waals surface area contributed by atoms with E-state index in [1.165, 1.54) is 12.1 Å². The molecule has 0 fully saturated rings. The molecule has 1 aromatic carbocycles. The number of hydrogen-bond donors (Lipinski definition) is 0. The van der Waals surface area contributed by atoms with Crippen LogP contribution in [0.4, 0.5) is 13.2 Å². The average Bonchev–Trinajstić information content (AvgIpc) is 2.26. The summed E-state index contributed by atoms with van der Waals surface area (Å²) in [6, 6.07) is 4.48. The molecule has 0 saturated heterocycles. The van der Waals surface area contributed by atoms with Gasteiger partial charge in [0.25, 0.3) is 0 Å². The largest absolute Gasteiger partial charge is 0.524 e. The summed E-state index contributed by atoms with van der Waals surface area (Å²) in [5, 5.41) is 0. The van der Waals surface area contributed by atoms with Gasteiger partial charge in [-0.05, 0) is 12.1 Å². The molecule has 11 heteroatoms. The molecule has 0 aliphatic carbocycles. The van der Waals surface area contributed by atoms with Crippen LogP contribution in [0.5, 0.6) is 5.75 Å². The SMILES string of the molecule is COc1ccccc1S(=O)(=O)OS(=O)(=O)C(F)(F)F. The van der Waals surface area contributed by atoms with Crippen molar-refractivity contribution in [3.8, 4) is 5.75 Å². The second kappa shape index (κ2) is 4.98.